The molecule has 0 aromatic heterocycles. The summed E-state index contributed by atoms with van der Waals surface area (Å²) in [5.41, 5.74) is 6.10. The largest absolute Gasteiger partial charge is 0.381 e. The average Bonchev–Trinajstić information content (AvgIpc) is 2.87. The van der Waals surface area contributed by atoms with Gasteiger partial charge in [-0.1, -0.05) is 33.1 Å². The monoisotopic (exact) mass is 243 g/mol. The molecule has 0 aliphatic carbocycles. The van der Waals surface area contributed by atoms with Crippen molar-refractivity contribution in [2.75, 3.05) is 26.4 Å². The quantitative estimate of drug-likeness (QED) is 0.677. The van der Waals surface area contributed by atoms with E-state index in [9.17, 15) is 0 Å². The molecule has 0 saturated carbocycles. The van der Waals surface area contributed by atoms with Crippen LogP contribution in [-0.4, -0.2) is 32.5 Å². The van der Waals surface area contributed by atoms with Crippen molar-refractivity contribution in [3.63, 3.8) is 0 Å². The van der Waals surface area contributed by atoms with E-state index in [4.69, 9.17) is 15.2 Å². The van der Waals surface area contributed by atoms with Crippen LogP contribution in [-0.2, 0) is 9.47 Å². The van der Waals surface area contributed by atoms with E-state index in [-0.39, 0.29) is 6.04 Å². The number of rotatable bonds is 9. The molecule has 3 nitrogen and oxygen atoms in total. The molecule has 102 valence electrons. The lowest BCUT2D eigenvalue weighted by molar-refractivity contribution is 0.0698. The van der Waals surface area contributed by atoms with Crippen molar-refractivity contribution in [1.29, 1.82) is 0 Å². The fourth-order valence-corrected chi connectivity index (χ4v) is 2.30. The van der Waals surface area contributed by atoms with Gasteiger partial charge in [0, 0.05) is 25.2 Å². The molecular formula is C14H29NO2. The number of hydrogen-bond acceptors (Lipinski definition) is 3. The number of nitrogens with two attached hydrogens (primary N) is 1. The molecule has 1 heterocycles. The summed E-state index contributed by atoms with van der Waals surface area (Å²) in [6, 6.07) is 0.154. The molecule has 0 aromatic carbocycles. The lowest BCUT2D eigenvalue weighted by Crippen LogP contribution is -2.35. The molecule has 1 fully saturated rings. The Morgan fingerprint density at radius 1 is 1.35 bits per heavy atom. The van der Waals surface area contributed by atoms with Gasteiger partial charge in [-0.25, -0.2) is 0 Å². The normalized spacial score (nSPS) is 23.8. The van der Waals surface area contributed by atoms with Gasteiger partial charge < -0.3 is 15.2 Å². The summed E-state index contributed by atoms with van der Waals surface area (Å²) in [7, 11) is 0. The van der Waals surface area contributed by atoms with Gasteiger partial charge in [-0.05, 0) is 18.8 Å². The fraction of sp³-hybridized carbons (Fsp3) is 1.00. The Morgan fingerprint density at radius 3 is 2.76 bits per heavy atom. The van der Waals surface area contributed by atoms with Crippen LogP contribution in [0.4, 0.5) is 0 Å². The zero-order valence-electron chi connectivity index (χ0n) is 11.5. The number of hydrogen-bond donors (Lipinski definition) is 1. The lowest BCUT2D eigenvalue weighted by Gasteiger charge is -2.20. The molecule has 1 saturated heterocycles. The minimum absolute atomic E-state index is 0.154. The molecule has 0 radical (unpaired) electrons. The Bertz CT molecular complexity index is 181. The zero-order chi connectivity index (χ0) is 12.5. The van der Waals surface area contributed by atoms with E-state index in [0.29, 0.717) is 18.4 Å². The highest BCUT2D eigenvalue weighted by Crippen LogP contribution is 2.17. The van der Waals surface area contributed by atoms with Gasteiger partial charge in [-0.3, -0.25) is 0 Å². The molecule has 0 aromatic rings. The van der Waals surface area contributed by atoms with E-state index in [1.165, 1.54) is 25.7 Å². The third kappa shape index (κ3) is 5.84. The standard InChI is InChI=1S/C14H29NO2/c1-3-5-6-12(4-2)9-17-11-14(15)13-7-8-16-10-13/h12-14H,3-11,15H2,1-2H3. The molecule has 1 rings (SSSR count). The van der Waals surface area contributed by atoms with Gasteiger partial charge in [0.2, 0.25) is 0 Å². The second-order valence-electron chi connectivity index (χ2n) is 5.24. The van der Waals surface area contributed by atoms with Crippen molar-refractivity contribution < 1.29 is 9.47 Å². The van der Waals surface area contributed by atoms with E-state index < -0.39 is 0 Å². The summed E-state index contributed by atoms with van der Waals surface area (Å²) in [6.07, 6.45) is 6.17. The van der Waals surface area contributed by atoms with Crippen LogP contribution in [0.3, 0.4) is 0 Å². The van der Waals surface area contributed by atoms with Crippen molar-refractivity contribution in [3.8, 4) is 0 Å². The van der Waals surface area contributed by atoms with Crippen LogP contribution >= 0.6 is 0 Å². The van der Waals surface area contributed by atoms with Crippen LogP contribution in [0.5, 0.6) is 0 Å². The first-order valence-electron chi connectivity index (χ1n) is 7.19. The Kier molecular flexibility index (Phi) is 7.82. The van der Waals surface area contributed by atoms with Gasteiger partial charge in [-0.2, -0.15) is 0 Å². The predicted octanol–water partition coefficient (Wildman–Crippen LogP) is 2.58. The molecule has 2 N–H and O–H groups in total. The highest BCUT2D eigenvalue weighted by molar-refractivity contribution is 4.76. The molecule has 17 heavy (non-hydrogen) atoms. The van der Waals surface area contributed by atoms with E-state index in [1.807, 2.05) is 0 Å². The summed E-state index contributed by atoms with van der Waals surface area (Å²) in [6.45, 7) is 7.73. The molecule has 3 atom stereocenters. The van der Waals surface area contributed by atoms with Gasteiger partial charge >= 0.3 is 0 Å². The lowest BCUT2D eigenvalue weighted by atomic mass is 9.99. The summed E-state index contributed by atoms with van der Waals surface area (Å²) in [5, 5.41) is 0. The molecule has 1 aliphatic rings. The SMILES string of the molecule is CCCCC(CC)COCC(N)C1CCOC1. The molecular weight excluding hydrogens is 214 g/mol. The van der Waals surface area contributed by atoms with E-state index in [2.05, 4.69) is 13.8 Å². The summed E-state index contributed by atoms with van der Waals surface area (Å²) in [5.74, 6) is 1.22. The van der Waals surface area contributed by atoms with Crippen LogP contribution in [0, 0.1) is 11.8 Å². The van der Waals surface area contributed by atoms with Crippen LogP contribution in [0.15, 0.2) is 0 Å². The van der Waals surface area contributed by atoms with E-state index >= 15 is 0 Å². The minimum Gasteiger partial charge on any atom is -0.381 e. The molecule has 0 spiro atoms. The van der Waals surface area contributed by atoms with Crippen LogP contribution in [0.2, 0.25) is 0 Å². The van der Waals surface area contributed by atoms with Crippen LogP contribution in [0.1, 0.15) is 46.0 Å². The smallest absolute Gasteiger partial charge is 0.0621 e. The number of ether oxygens (including phenoxy) is 2. The van der Waals surface area contributed by atoms with Gasteiger partial charge in [0.15, 0.2) is 0 Å². The fourth-order valence-electron chi connectivity index (χ4n) is 2.30. The van der Waals surface area contributed by atoms with Gasteiger partial charge in [0.1, 0.15) is 0 Å². The van der Waals surface area contributed by atoms with Gasteiger partial charge in [0.25, 0.3) is 0 Å². The maximum Gasteiger partial charge on any atom is 0.0621 e. The molecule has 3 heteroatoms. The third-order valence-corrected chi connectivity index (χ3v) is 3.78. The van der Waals surface area contributed by atoms with E-state index in [1.54, 1.807) is 0 Å². The van der Waals surface area contributed by atoms with Crippen molar-refractivity contribution in [2.45, 2.75) is 52.0 Å². The van der Waals surface area contributed by atoms with E-state index in [0.717, 1.165) is 26.2 Å². The zero-order valence-corrected chi connectivity index (χ0v) is 11.5. The first-order chi connectivity index (χ1) is 8.27. The molecule has 1 aliphatic heterocycles. The van der Waals surface area contributed by atoms with Crippen LogP contribution < -0.4 is 5.73 Å². The highest BCUT2D eigenvalue weighted by Gasteiger charge is 2.22. The summed E-state index contributed by atoms with van der Waals surface area (Å²) in [4.78, 5) is 0. The van der Waals surface area contributed by atoms with Gasteiger partial charge in [-0.15, -0.1) is 0 Å². The third-order valence-electron chi connectivity index (χ3n) is 3.78. The Balaban J connectivity index is 2.07. The van der Waals surface area contributed by atoms with Crippen molar-refractivity contribution in [2.24, 2.45) is 17.6 Å². The molecule has 0 bridgehead atoms. The van der Waals surface area contributed by atoms with Gasteiger partial charge in [0.05, 0.1) is 13.2 Å². The molecule has 3 unspecified atom stereocenters. The maximum atomic E-state index is 6.10. The second kappa shape index (κ2) is 8.90. The van der Waals surface area contributed by atoms with Crippen LogP contribution in [0.25, 0.3) is 0 Å². The molecule has 0 amide bonds. The van der Waals surface area contributed by atoms with Crippen molar-refractivity contribution in [1.82, 2.24) is 0 Å². The predicted molar refractivity (Wildman–Crippen MR) is 71.0 cm³/mol. The first kappa shape index (κ1) is 14.9. The highest BCUT2D eigenvalue weighted by atomic mass is 16.5. The average molecular weight is 243 g/mol. The Morgan fingerprint density at radius 2 is 2.18 bits per heavy atom. The van der Waals surface area contributed by atoms with Crippen molar-refractivity contribution in [3.05, 3.63) is 0 Å². The Hall–Kier alpha value is -0.120. The summed E-state index contributed by atoms with van der Waals surface area (Å²) < 4.78 is 11.1. The second-order valence-corrected chi connectivity index (χ2v) is 5.24. The Labute approximate surface area is 106 Å². The first-order valence-corrected chi connectivity index (χ1v) is 7.19. The maximum absolute atomic E-state index is 6.10. The topological polar surface area (TPSA) is 44.5 Å². The van der Waals surface area contributed by atoms with Crippen molar-refractivity contribution >= 4 is 0 Å². The number of unbranched alkanes of at least 4 members (excludes halogenated alkanes) is 1. The summed E-state index contributed by atoms with van der Waals surface area (Å²) >= 11 is 0. The minimum atomic E-state index is 0.154.